The number of hydrogen-bond donors (Lipinski definition) is 0. The van der Waals surface area contributed by atoms with E-state index in [0.717, 1.165) is 11.0 Å². The molecule has 5 heteroatoms. The molecule has 0 amide bonds. The van der Waals surface area contributed by atoms with E-state index in [2.05, 4.69) is 4.98 Å². The van der Waals surface area contributed by atoms with Gasteiger partial charge in [-0.1, -0.05) is 12.1 Å². The molecule has 0 aliphatic heterocycles. The number of imidazole rings is 1. The molecule has 0 aliphatic rings. The molecule has 0 radical (unpaired) electrons. The minimum Gasteiger partial charge on any atom is -0.331 e. The van der Waals surface area contributed by atoms with Gasteiger partial charge in [-0.25, -0.2) is 4.98 Å². The Labute approximate surface area is 90.7 Å². The molecule has 0 spiro atoms. The molecule has 0 atom stereocenters. The summed E-state index contributed by atoms with van der Waals surface area (Å²) in [7, 11) is 0. The lowest BCUT2D eigenvalue weighted by Crippen LogP contribution is -2.08. The number of aryl methyl sites for hydroxylation is 1. The average molecular weight is 228 g/mol. The van der Waals surface area contributed by atoms with Gasteiger partial charge in [-0.2, -0.15) is 13.2 Å². The van der Waals surface area contributed by atoms with Crippen LogP contribution in [0.4, 0.5) is 13.2 Å². The molecule has 0 saturated carbocycles. The topological polar surface area (TPSA) is 17.8 Å². The van der Waals surface area contributed by atoms with Gasteiger partial charge in [-0.3, -0.25) is 0 Å². The van der Waals surface area contributed by atoms with Crippen LogP contribution in [0.25, 0.3) is 11.0 Å². The van der Waals surface area contributed by atoms with Crippen LogP contribution in [0.5, 0.6) is 0 Å². The second kappa shape index (κ2) is 4.15. The maximum absolute atomic E-state index is 12.0. The van der Waals surface area contributed by atoms with Gasteiger partial charge in [0.25, 0.3) is 0 Å². The van der Waals surface area contributed by atoms with Crippen LogP contribution in [-0.2, 0) is 6.54 Å². The summed E-state index contributed by atoms with van der Waals surface area (Å²) in [5.74, 6) is 0. The summed E-state index contributed by atoms with van der Waals surface area (Å²) in [6.07, 6.45) is -3.15. The summed E-state index contributed by atoms with van der Waals surface area (Å²) in [5.41, 5.74) is 1.69. The van der Waals surface area contributed by atoms with Crippen LogP contribution in [0.2, 0.25) is 0 Å². The third kappa shape index (κ3) is 2.53. The van der Waals surface area contributed by atoms with Gasteiger partial charge >= 0.3 is 6.18 Å². The second-order valence-electron chi connectivity index (χ2n) is 3.65. The highest BCUT2D eigenvalue weighted by Gasteiger charge is 2.26. The van der Waals surface area contributed by atoms with Crippen molar-refractivity contribution in [3.63, 3.8) is 0 Å². The summed E-state index contributed by atoms with van der Waals surface area (Å²) in [6, 6.07) is 7.41. The fraction of sp³-hybridized carbons (Fsp3) is 0.364. The molecule has 2 aromatic rings. The fourth-order valence-corrected chi connectivity index (χ4v) is 1.64. The van der Waals surface area contributed by atoms with Crippen molar-refractivity contribution in [2.24, 2.45) is 0 Å². The number of benzene rings is 1. The number of nitrogens with zero attached hydrogens (tertiary/aromatic N) is 2. The number of halogens is 3. The number of fused-ring (bicyclic) bond motifs is 1. The molecule has 0 unspecified atom stereocenters. The predicted molar refractivity (Wildman–Crippen MR) is 55.0 cm³/mol. The summed E-state index contributed by atoms with van der Waals surface area (Å²) < 4.78 is 37.7. The van der Waals surface area contributed by atoms with Crippen molar-refractivity contribution < 1.29 is 13.2 Å². The van der Waals surface area contributed by atoms with Crippen molar-refractivity contribution in [2.45, 2.75) is 25.6 Å². The van der Waals surface area contributed by atoms with Crippen LogP contribution < -0.4 is 0 Å². The number of rotatable bonds is 3. The van der Waals surface area contributed by atoms with E-state index in [1.54, 1.807) is 10.9 Å². The Morgan fingerprint density at radius 1 is 1.19 bits per heavy atom. The molecule has 0 N–H and O–H groups in total. The van der Waals surface area contributed by atoms with E-state index in [-0.39, 0.29) is 6.42 Å². The van der Waals surface area contributed by atoms with Crippen molar-refractivity contribution in [1.29, 1.82) is 0 Å². The highest BCUT2D eigenvalue weighted by atomic mass is 19.4. The molecule has 1 heterocycles. The Hall–Kier alpha value is -1.52. The first kappa shape index (κ1) is 11.0. The lowest BCUT2D eigenvalue weighted by molar-refractivity contribution is -0.135. The van der Waals surface area contributed by atoms with Crippen molar-refractivity contribution in [3.8, 4) is 0 Å². The van der Waals surface area contributed by atoms with Gasteiger partial charge in [0, 0.05) is 13.0 Å². The van der Waals surface area contributed by atoms with E-state index in [1.807, 2.05) is 24.3 Å². The van der Waals surface area contributed by atoms with E-state index < -0.39 is 12.6 Å². The first-order valence-electron chi connectivity index (χ1n) is 5.03. The smallest absolute Gasteiger partial charge is 0.331 e. The number of alkyl halides is 3. The molecular formula is C11H11F3N2. The Kier molecular flexibility index (Phi) is 2.85. The standard InChI is InChI=1S/C11H11F3N2/c12-11(13,14)6-3-7-16-8-15-9-4-1-2-5-10(9)16/h1-2,4-5,8H,3,6-7H2. The van der Waals surface area contributed by atoms with Crippen LogP contribution in [-0.4, -0.2) is 15.7 Å². The van der Waals surface area contributed by atoms with Gasteiger partial charge < -0.3 is 4.57 Å². The summed E-state index contributed by atoms with van der Waals surface area (Å²) >= 11 is 0. The SMILES string of the molecule is FC(F)(F)CCCn1cnc2ccccc21. The Bertz CT molecular complexity index is 473. The van der Waals surface area contributed by atoms with Crippen molar-refractivity contribution in [2.75, 3.05) is 0 Å². The molecule has 86 valence electrons. The first-order chi connectivity index (χ1) is 7.56. The van der Waals surface area contributed by atoms with Gasteiger partial charge in [0.05, 0.1) is 17.4 Å². The lowest BCUT2D eigenvalue weighted by Gasteiger charge is -2.07. The number of para-hydroxylation sites is 2. The van der Waals surface area contributed by atoms with Gasteiger partial charge in [0.1, 0.15) is 0 Å². The molecule has 0 fully saturated rings. The lowest BCUT2D eigenvalue weighted by atomic mass is 10.3. The molecule has 2 rings (SSSR count). The highest BCUT2D eigenvalue weighted by molar-refractivity contribution is 5.74. The zero-order valence-electron chi connectivity index (χ0n) is 8.54. The van der Waals surface area contributed by atoms with Gasteiger partial charge in [-0.05, 0) is 18.6 Å². The predicted octanol–water partition coefficient (Wildman–Crippen LogP) is 3.38. The molecule has 0 aliphatic carbocycles. The average Bonchev–Trinajstić information content (AvgIpc) is 2.60. The van der Waals surface area contributed by atoms with Crippen LogP contribution in [0.3, 0.4) is 0 Å². The van der Waals surface area contributed by atoms with Crippen LogP contribution in [0, 0.1) is 0 Å². The fourth-order valence-electron chi connectivity index (χ4n) is 1.64. The van der Waals surface area contributed by atoms with Crippen molar-refractivity contribution in [3.05, 3.63) is 30.6 Å². The number of hydrogen-bond acceptors (Lipinski definition) is 1. The Balaban J connectivity index is 2.05. The maximum atomic E-state index is 12.0. The Morgan fingerprint density at radius 2 is 1.94 bits per heavy atom. The Morgan fingerprint density at radius 3 is 2.69 bits per heavy atom. The highest BCUT2D eigenvalue weighted by Crippen LogP contribution is 2.22. The zero-order valence-corrected chi connectivity index (χ0v) is 8.54. The third-order valence-corrected chi connectivity index (χ3v) is 2.39. The van der Waals surface area contributed by atoms with Crippen LogP contribution >= 0.6 is 0 Å². The molecule has 1 aromatic carbocycles. The summed E-state index contributed by atoms with van der Waals surface area (Å²) in [4.78, 5) is 4.12. The zero-order chi connectivity index (χ0) is 11.6. The van der Waals surface area contributed by atoms with E-state index in [4.69, 9.17) is 0 Å². The summed E-state index contributed by atoms with van der Waals surface area (Å²) in [6.45, 7) is 0.347. The minimum atomic E-state index is -4.07. The molecule has 2 nitrogen and oxygen atoms in total. The van der Waals surface area contributed by atoms with Gasteiger partial charge in [0.2, 0.25) is 0 Å². The van der Waals surface area contributed by atoms with E-state index in [1.165, 1.54) is 0 Å². The maximum Gasteiger partial charge on any atom is 0.389 e. The largest absolute Gasteiger partial charge is 0.389 e. The molecular weight excluding hydrogens is 217 g/mol. The van der Waals surface area contributed by atoms with Crippen LogP contribution in [0.15, 0.2) is 30.6 Å². The van der Waals surface area contributed by atoms with Crippen molar-refractivity contribution >= 4 is 11.0 Å². The van der Waals surface area contributed by atoms with Gasteiger partial charge in [0.15, 0.2) is 0 Å². The first-order valence-corrected chi connectivity index (χ1v) is 5.03. The minimum absolute atomic E-state index is 0.0872. The molecule has 1 aromatic heterocycles. The number of aromatic nitrogens is 2. The van der Waals surface area contributed by atoms with Crippen LogP contribution in [0.1, 0.15) is 12.8 Å². The normalized spacial score (nSPS) is 12.2. The van der Waals surface area contributed by atoms with Crippen molar-refractivity contribution in [1.82, 2.24) is 9.55 Å². The quantitative estimate of drug-likeness (QED) is 0.787. The molecule has 0 saturated heterocycles. The van der Waals surface area contributed by atoms with E-state index in [0.29, 0.717) is 6.54 Å². The molecule has 0 bridgehead atoms. The second-order valence-corrected chi connectivity index (χ2v) is 3.65. The third-order valence-electron chi connectivity index (χ3n) is 2.39. The van der Waals surface area contributed by atoms with E-state index >= 15 is 0 Å². The van der Waals surface area contributed by atoms with Gasteiger partial charge in [-0.15, -0.1) is 0 Å². The van der Waals surface area contributed by atoms with E-state index in [9.17, 15) is 13.2 Å². The molecule has 16 heavy (non-hydrogen) atoms. The monoisotopic (exact) mass is 228 g/mol. The summed E-state index contributed by atoms with van der Waals surface area (Å²) in [5, 5.41) is 0.